The molecule has 0 spiro atoms. The molecule has 0 aliphatic rings. The van der Waals surface area contributed by atoms with Crippen LogP contribution in [0.1, 0.15) is 47.8 Å². The third-order valence-corrected chi connectivity index (χ3v) is 5.08. The van der Waals surface area contributed by atoms with Gasteiger partial charge >= 0.3 is 23.9 Å². The van der Waals surface area contributed by atoms with E-state index >= 15 is 0 Å². The van der Waals surface area contributed by atoms with Crippen molar-refractivity contribution in [3.63, 3.8) is 0 Å². The van der Waals surface area contributed by atoms with E-state index in [1.165, 1.54) is 30.3 Å². The first kappa shape index (κ1) is 27.5. The van der Waals surface area contributed by atoms with Crippen molar-refractivity contribution in [1.82, 2.24) is 0 Å². The van der Waals surface area contributed by atoms with Gasteiger partial charge in [-0.25, -0.2) is 0 Å². The fourth-order valence-corrected chi connectivity index (χ4v) is 3.03. The van der Waals surface area contributed by atoms with Crippen molar-refractivity contribution in [2.24, 2.45) is 0 Å². The summed E-state index contributed by atoms with van der Waals surface area (Å²) < 4.78 is 121. The van der Waals surface area contributed by atoms with Crippen LogP contribution in [0.25, 0.3) is 5.57 Å². The van der Waals surface area contributed by atoms with Crippen LogP contribution in [0.4, 0.5) is 39.5 Å². The largest absolute Gasteiger partial charge is 0.460 e. The van der Waals surface area contributed by atoms with Crippen molar-refractivity contribution in [2.45, 2.75) is 57.1 Å². The molecule has 0 atom stereocenters. The number of ketones is 1. The van der Waals surface area contributed by atoms with Crippen LogP contribution in [0.3, 0.4) is 0 Å². The maximum Gasteiger partial charge on any atom is 0.460 e. The number of hydrogen-bond donors (Lipinski definition) is 0. The van der Waals surface area contributed by atoms with Gasteiger partial charge in [-0.2, -0.15) is 39.5 Å². The summed E-state index contributed by atoms with van der Waals surface area (Å²) >= 11 is 0. The second-order valence-electron chi connectivity index (χ2n) is 8.85. The Bertz CT molecular complexity index is 1070. The van der Waals surface area contributed by atoms with E-state index in [0.717, 1.165) is 12.1 Å². The molecule has 0 aliphatic heterocycles. The van der Waals surface area contributed by atoms with Crippen LogP contribution in [-0.4, -0.2) is 29.7 Å². The number of halogens is 9. The number of aryl methyl sites for hydroxylation is 1. The molecule has 10 heteroatoms. The van der Waals surface area contributed by atoms with Crippen molar-refractivity contribution in [2.75, 3.05) is 0 Å². The van der Waals surface area contributed by atoms with Gasteiger partial charge in [-0.1, -0.05) is 68.8 Å². The minimum Gasteiger partial charge on any atom is -0.289 e. The smallest absolute Gasteiger partial charge is 0.289 e. The minimum atomic E-state index is -7.06. The number of allylic oxidation sites excluding steroid dienone is 2. The van der Waals surface area contributed by atoms with E-state index in [1.807, 2.05) is 20.8 Å². The average Bonchev–Trinajstić information content (AvgIpc) is 2.70. The third kappa shape index (κ3) is 5.15. The molecule has 34 heavy (non-hydrogen) atoms. The second-order valence-corrected chi connectivity index (χ2v) is 8.85. The van der Waals surface area contributed by atoms with Crippen molar-refractivity contribution in [1.29, 1.82) is 0 Å². The van der Waals surface area contributed by atoms with Crippen molar-refractivity contribution >= 4 is 11.4 Å². The summed E-state index contributed by atoms with van der Waals surface area (Å²) in [4.78, 5) is 13.0. The summed E-state index contributed by atoms with van der Waals surface area (Å²) in [5, 5.41) is 0. The maximum absolute atomic E-state index is 14.4. The van der Waals surface area contributed by atoms with Gasteiger partial charge in [0, 0.05) is 17.2 Å². The van der Waals surface area contributed by atoms with E-state index in [4.69, 9.17) is 0 Å². The lowest BCUT2D eigenvalue weighted by atomic mass is 9.85. The van der Waals surface area contributed by atoms with Crippen molar-refractivity contribution in [3.05, 3.63) is 76.9 Å². The zero-order chi connectivity index (χ0) is 26.3. The maximum atomic E-state index is 14.4. The quantitative estimate of drug-likeness (QED) is 0.225. The zero-order valence-electron chi connectivity index (χ0n) is 18.5. The summed E-state index contributed by atoms with van der Waals surface area (Å²) in [6.45, 7) is 6.98. The predicted octanol–water partition coefficient (Wildman–Crippen LogP) is 8.03. The van der Waals surface area contributed by atoms with Gasteiger partial charge in [-0.05, 0) is 29.5 Å². The van der Waals surface area contributed by atoms with Crippen molar-refractivity contribution < 1.29 is 44.3 Å². The monoisotopic (exact) mass is 496 g/mol. The van der Waals surface area contributed by atoms with Gasteiger partial charge in [-0.3, -0.25) is 4.79 Å². The first-order valence-corrected chi connectivity index (χ1v) is 9.88. The molecule has 0 aliphatic carbocycles. The molecule has 0 fully saturated rings. The van der Waals surface area contributed by atoms with E-state index in [2.05, 4.69) is 0 Å². The van der Waals surface area contributed by atoms with Crippen molar-refractivity contribution in [3.8, 4) is 0 Å². The summed E-state index contributed by atoms with van der Waals surface area (Å²) in [5.74, 6) is -21.2. The molecule has 0 heterocycles. The van der Waals surface area contributed by atoms with Crippen LogP contribution in [0.2, 0.25) is 0 Å². The molecule has 0 aromatic heterocycles. The van der Waals surface area contributed by atoms with Crippen LogP contribution < -0.4 is 0 Å². The highest BCUT2D eigenvalue weighted by Gasteiger charge is 2.81. The molecule has 2 aromatic carbocycles. The number of hydrogen-bond acceptors (Lipinski definition) is 1. The molecule has 0 N–H and O–H groups in total. The summed E-state index contributed by atoms with van der Waals surface area (Å²) in [5.41, 5.74) is -1.01. The molecule has 186 valence electrons. The van der Waals surface area contributed by atoms with E-state index in [1.54, 1.807) is 13.0 Å². The van der Waals surface area contributed by atoms with Gasteiger partial charge in [0.1, 0.15) is 0 Å². The summed E-state index contributed by atoms with van der Waals surface area (Å²) in [6, 6.07) is 10.4. The minimum absolute atomic E-state index is 0.243. The highest BCUT2D eigenvalue weighted by molar-refractivity contribution is 6.29. The van der Waals surface area contributed by atoms with Gasteiger partial charge in [0.05, 0.1) is 0 Å². The molecule has 0 radical (unpaired) electrons. The molecule has 2 rings (SSSR count). The topological polar surface area (TPSA) is 17.1 Å². The molecule has 0 amide bonds. The predicted molar refractivity (Wildman–Crippen MR) is 110 cm³/mol. The Hall–Kier alpha value is -2.78. The van der Waals surface area contributed by atoms with E-state index in [0.29, 0.717) is 11.1 Å². The number of benzene rings is 2. The Labute approximate surface area is 190 Å². The summed E-state index contributed by atoms with van der Waals surface area (Å²) in [6.07, 6.45) is -7.77. The number of alkyl halides is 9. The number of carbonyl (C=O) groups is 1. The Morgan fingerprint density at radius 2 is 1.26 bits per heavy atom. The normalized spacial score (nSPS) is 14.3. The Kier molecular flexibility index (Phi) is 7.09. The first-order chi connectivity index (χ1) is 15.2. The number of Topliss-reactive ketones (excluding diaryl/α,β-unsaturated/α-hetero) is 1. The van der Waals surface area contributed by atoms with Gasteiger partial charge < -0.3 is 0 Å². The highest BCUT2D eigenvalue weighted by atomic mass is 19.4. The Morgan fingerprint density at radius 1 is 0.735 bits per heavy atom. The lowest BCUT2D eigenvalue weighted by Gasteiger charge is -2.32. The van der Waals surface area contributed by atoms with Gasteiger partial charge in [0.2, 0.25) is 0 Å². The number of rotatable bonds is 6. The third-order valence-electron chi connectivity index (χ3n) is 5.08. The van der Waals surface area contributed by atoms with Crippen LogP contribution in [0.5, 0.6) is 0 Å². The Morgan fingerprint density at radius 3 is 1.71 bits per heavy atom. The van der Waals surface area contributed by atoms with Crippen LogP contribution in [0.15, 0.2) is 54.6 Å². The molecule has 0 unspecified atom stereocenters. The van der Waals surface area contributed by atoms with Gasteiger partial charge in [-0.15, -0.1) is 0 Å². The second kappa shape index (κ2) is 8.78. The fraction of sp³-hybridized carbons (Fsp3) is 0.375. The number of carbonyl (C=O) groups excluding carboxylic acids is 1. The molecule has 0 saturated carbocycles. The molecule has 1 nitrogen and oxygen atoms in total. The average molecular weight is 496 g/mol. The molecule has 0 saturated heterocycles. The molecular weight excluding hydrogens is 475 g/mol. The summed E-state index contributed by atoms with van der Waals surface area (Å²) in [7, 11) is 0. The Balaban J connectivity index is 2.73. The van der Waals surface area contributed by atoms with E-state index < -0.39 is 46.8 Å². The lowest BCUT2D eigenvalue weighted by molar-refractivity contribution is -0.388. The highest BCUT2D eigenvalue weighted by Crippen LogP contribution is 2.54. The standard InChI is InChI=1S/C24H21F9O/c1-14-6-5-7-16(12-14)19(34)18(15-8-10-17(11-9-15)20(2,3)4)13-21(25,26)22(27,28)23(29,30)24(31,32)33/h5-13H,1-4H3/b18-13+. The fourth-order valence-electron chi connectivity index (χ4n) is 3.03. The molecule has 2 aromatic rings. The molecular formula is C24H21F9O. The van der Waals surface area contributed by atoms with Crippen LogP contribution >= 0.6 is 0 Å². The SMILES string of the molecule is Cc1cccc(C(=O)/C(=C/C(F)(F)C(F)(F)C(F)(F)C(F)(F)F)c2ccc(C(C)(C)C)cc2)c1. The lowest BCUT2D eigenvalue weighted by Crippen LogP contribution is -2.60. The van der Waals surface area contributed by atoms with E-state index in [9.17, 15) is 44.3 Å². The van der Waals surface area contributed by atoms with Crippen LogP contribution in [-0.2, 0) is 5.41 Å². The first-order valence-electron chi connectivity index (χ1n) is 9.88. The van der Waals surface area contributed by atoms with Crippen LogP contribution in [0, 0.1) is 6.92 Å². The van der Waals surface area contributed by atoms with E-state index in [-0.39, 0.29) is 11.1 Å². The molecule has 0 bridgehead atoms. The zero-order valence-corrected chi connectivity index (χ0v) is 18.5. The van der Waals surface area contributed by atoms with Gasteiger partial charge in [0.25, 0.3) is 0 Å². The van der Waals surface area contributed by atoms with Gasteiger partial charge in [0.15, 0.2) is 5.78 Å².